The van der Waals surface area contributed by atoms with Gasteiger partial charge in [-0.1, -0.05) is 0 Å². The molecule has 0 radical (unpaired) electrons. The molecular weight excluding hydrogens is 250 g/mol. The Morgan fingerprint density at radius 1 is 1.59 bits per heavy atom. The first-order valence-corrected chi connectivity index (χ1v) is 7.02. The fraction of sp³-hybridized carbons (Fsp3) is 0.333. The summed E-state index contributed by atoms with van der Waals surface area (Å²) in [7, 11) is 0. The maximum atomic E-state index is 8.74. The van der Waals surface area contributed by atoms with Gasteiger partial charge in [-0.3, -0.25) is 0 Å². The predicted octanol–water partition coefficient (Wildman–Crippen LogP) is 3.24. The van der Waals surface area contributed by atoms with E-state index in [4.69, 9.17) is 5.26 Å². The van der Waals surface area contributed by atoms with Crippen LogP contribution in [0.5, 0.6) is 0 Å². The molecule has 0 bridgehead atoms. The lowest BCUT2D eigenvalue weighted by Gasteiger charge is -2.09. The Morgan fingerprint density at radius 2 is 2.41 bits per heavy atom. The largest absolute Gasteiger partial charge is 0.303 e. The number of thiazole rings is 1. The molecule has 2 rings (SSSR count). The number of nitrogens with one attached hydrogen (secondary N) is 1. The highest BCUT2D eigenvalue weighted by Crippen LogP contribution is 2.20. The third kappa shape index (κ3) is 3.13. The van der Waals surface area contributed by atoms with E-state index in [2.05, 4.69) is 30.2 Å². The van der Waals surface area contributed by atoms with Gasteiger partial charge in [-0.05, 0) is 19.9 Å². The maximum Gasteiger partial charge on any atom is 0.109 e. The molecule has 0 aliphatic heterocycles. The monoisotopic (exact) mass is 263 g/mol. The number of nitriles is 1. The average molecular weight is 263 g/mol. The number of nitrogens with zero attached hydrogens (tertiary/aromatic N) is 2. The molecule has 0 aliphatic rings. The van der Waals surface area contributed by atoms with Crippen LogP contribution in [0.3, 0.4) is 0 Å². The Morgan fingerprint density at radius 3 is 3.00 bits per heavy atom. The summed E-state index contributed by atoms with van der Waals surface area (Å²) < 4.78 is 0. The molecule has 2 aromatic rings. The summed E-state index contributed by atoms with van der Waals surface area (Å²) in [6.07, 6.45) is 1.90. The van der Waals surface area contributed by atoms with Crippen molar-refractivity contribution in [2.45, 2.75) is 26.4 Å². The van der Waals surface area contributed by atoms with Crippen LogP contribution in [0.2, 0.25) is 0 Å². The van der Waals surface area contributed by atoms with Gasteiger partial charge in [-0.2, -0.15) is 5.26 Å². The fourth-order valence-corrected chi connectivity index (χ4v) is 3.01. The van der Waals surface area contributed by atoms with E-state index >= 15 is 0 Å². The molecule has 2 aromatic heterocycles. The summed E-state index contributed by atoms with van der Waals surface area (Å²) in [5, 5.41) is 15.1. The first-order valence-electron chi connectivity index (χ1n) is 5.32. The molecule has 0 saturated carbocycles. The van der Waals surface area contributed by atoms with E-state index in [-0.39, 0.29) is 6.04 Å². The van der Waals surface area contributed by atoms with Gasteiger partial charge in [0.1, 0.15) is 11.1 Å². The number of hydrogen-bond acceptors (Lipinski definition) is 5. The second kappa shape index (κ2) is 5.41. The first kappa shape index (κ1) is 12.2. The number of aromatic nitrogens is 1. The minimum absolute atomic E-state index is 0.251. The number of aryl methyl sites for hydroxylation is 1. The number of hydrogen-bond donors (Lipinski definition) is 1. The Kier molecular flexibility index (Phi) is 3.89. The lowest BCUT2D eigenvalue weighted by atomic mass is 10.3. The van der Waals surface area contributed by atoms with Crippen molar-refractivity contribution in [3.8, 4) is 6.07 Å². The molecule has 0 aromatic carbocycles. The van der Waals surface area contributed by atoms with Gasteiger partial charge < -0.3 is 5.32 Å². The average Bonchev–Trinajstić information content (AvgIpc) is 2.94. The molecule has 0 saturated heterocycles. The lowest BCUT2D eigenvalue weighted by molar-refractivity contribution is 0.576. The van der Waals surface area contributed by atoms with E-state index in [0.717, 1.165) is 17.1 Å². The fourth-order valence-electron chi connectivity index (χ4n) is 1.45. The van der Waals surface area contributed by atoms with Crippen molar-refractivity contribution in [3.05, 3.63) is 38.0 Å². The third-order valence-corrected chi connectivity index (χ3v) is 4.41. The normalized spacial score (nSPS) is 12.3. The summed E-state index contributed by atoms with van der Waals surface area (Å²) in [6, 6.07) is 4.32. The van der Waals surface area contributed by atoms with Crippen molar-refractivity contribution in [2.75, 3.05) is 0 Å². The zero-order valence-electron chi connectivity index (χ0n) is 9.73. The minimum Gasteiger partial charge on any atom is -0.303 e. The van der Waals surface area contributed by atoms with Crippen LogP contribution >= 0.6 is 22.7 Å². The van der Waals surface area contributed by atoms with Crippen molar-refractivity contribution in [1.82, 2.24) is 10.3 Å². The number of rotatable bonds is 4. The Labute approximate surface area is 109 Å². The second-order valence-electron chi connectivity index (χ2n) is 3.83. The molecule has 0 aliphatic carbocycles. The molecule has 17 heavy (non-hydrogen) atoms. The van der Waals surface area contributed by atoms with E-state index in [1.165, 1.54) is 9.75 Å². The van der Waals surface area contributed by atoms with Crippen LogP contribution in [-0.2, 0) is 6.54 Å². The summed E-state index contributed by atoms with van der Waals surface area (Å²) in [4.78, 5) is 6.77. The minimum atomic E-state index is 0.251. The Bertz CT molecular complexity index is 536. The highest BCUT2D eigenvalue weighted by molar-refractivity contribution is 7.11. The van der Waals surface area contributed by atoms with Crippen LogP contribution in [0, 0.1) is 18.3 Å². The molecular formula is C12H13N3S2. The van der Waals surface area contributed by atoms with Crippen molar-refractivity contribution in [3.63, 3.8) is 0 Å². The van der Waals surface area contributed by atoms with E-state index in [9.17, 15) is 0 Å². The molecule has 0 fully saturated rings. The second-order valence-corrected chi connectivity index (χ2v) is 6.09. The molecule has 0 amide bonds. The number of thiophene rings is 1. The predicted molar refractivity (Wildman–Crippen MR) is 71.1 cm³/mol. The zero-order chi connectivity index (χ0) is 12.3. The van der Waals surface area contributed by atoms with Gasteiger partial charge in [0.2, 0.25) is 0 Å². The molecule has 1 N–H and O–H groups in total. The first-order chi connectivity index (χ1) is 8.19. The molecule has 5 heteroatoms. The summed E-state index contributed by atoms with van der Waals surface area (Å²) in [5.41, 5.74) is 0.740. The van der Waals surface area contributed by atoms with E-state index in [1.54, 1.807) is 22.7 Å². The summed E-state index contributed by atoms with van der Waals surface area (Å²) in [6.45, 7) is 4.95. The Balaban J connectivity index is 1.92. The standard InChI is InChI=1S/C12H13N3S2/c1-8-5-15-12(17-8)9(2)14-6-11-3-10(4-13)7-16-11/h3,5,7,9,14H,6H2,1-2H3. The third-order valence-electron chi connectivity index (χ3n) is 2.37. The zero-order valence-corrected chi connectivity index (χ0v) is 11.4. The van der Waals surface area contributed by atoms with Crippen molar-refractivity contribution in [2.24, 2.45) is 0 Å². The van der Waals surface area contributed by atoms with Gasteiger partial charge in [0.25, 0.3) is 0 Å². The van der Waals surface area contributed by atoms with Crippen molar-refractivity contribution in [1.29, 1.82) is 5.26 Å². The smallest absolute Gasteiger partial charge is 0.109 e. The van der Waals surface area contributed by atoms with Crippen LogP contribution in [0.25, 0.3) is 0 Å². The Hall–Kier alpha value is -1.22. The van der Waals surface area contributed by atoms with Gasteiger partial charge in [0.05, 0.1) is 11.6 Å². The SMILES string of the molecule is Cc1cnc(C(C)NCc2cc(C#N)cs2)s1. The summed E-state index contributed by atoms with van der Waals surface area (Å²) >= 11 is 3.33. The molecule has 1 atom stereocenters. The summed E-state index contributed by atoms with van der Waals surface area (Å²) in [5.74, 6) is 0. The van der Waals surface area contributed by atoms with Gasteiger partial charge in [0, 0.05) is 27.9 Å². The van der Waals surface area contributed by atoms with Gasteiger partial charge >= 0.3 is 0 Å². The van der Waals surface area contributed by atoms with E-state index in [0.29, 0.717) is 0 Å². The molecule has 2 heterocycles. The quantitative estimate of drug-likeness (QED) is 0.921. The van der Waals surface area contributed by atoms with E-state index < -0.39 is 0 Å². The highest BCUT2D eigenvalue weighted by Gasteiger charge is 2.09. The topological polar surface area (TPSA) is 48.7 Å². The van der Waals surface area contributed by atoms with Gasteiger partial charge in [0.15, 0.2) is 0 Å². The maximum absolute atomic E-state index is 8.74. The highest BCUT2D eigenvalue weighted by atomic mass is 32.1. The van der Waals surface area contributed by atoms with Crippen molar-refractivity contribution >= 4 is 22.7 Å². The van der Waals surface area contributed by atoms with E-state index in [1.807, 2.05) is 17.6 Å². The van der Waals surface area contributed by atoms with Crippen molar-refractivity contribution < 1.29 is 0 Å². The molecule has 3 nitrogen and oxygen atoms in total. The van der Waals surface area contributed by atoms with Crippen LogP contribution in [0.15, 0.2) is 17.6 Å². The molecule has 0 spiro atoms. The molecule has 88 valence electrons. The van der Waals surface area contributed by atoms with Gasteiger partial charge in [-0.25, -0.2) is 4.98 Å². The van der Waals surface area contributed by atoms with Crippen LogP contribution in [-0.4, -0.2) is 4.98 Å². The van der Waals surface area contributed by atoms with Crippen LogP contribution in [0.1, 0.15) is 33.3 Å². The lowest BCUT2D eigenvalue weighted by Crippen LogP contribution is -2.17. The van der Waals surface area contributed by atoms with Crippen LogP contribution in [0.4, 0.5) is 0 Å². The van der Waals surface area contributed by atoms with Crippen LogP contribution < -0.4 is 5.32 Å². The molecule has 1 unspecified atom stereocenters. The van der Waals surface area contributed by atoms with Gasteiger partial charge in [-0.15, -0.1) is 22.7 Å².